The van der Waals surface area contributed by atoms with Crippen LogP contribution < -0.4 is 15.8 Å². The lowest BCUT2D eigenvalue weighted by molar-refractivity contribution is -0.143. The molecular weight excluding hydrogens is 578 g/mol. The molecule has 2 aromatic rings. The Labute approximate surface area is 272 Å². The number of nitrogens with one attached hydrogen (secondary N) is 2. The van der Waals surface area contributed by atoms with Crippen molar-refractivity contribution >= 4 is 23.4 Å². The van der Waals surface area contributed by atoms with Crippen molar-refractivity contribution in [3.05, 3.63) is 66.2 Å². The molecule has 0 radical (unpaired) electrons. The first kappa shape index (κ1) is 29.9. The molecule has 2 N–H and O–H groups in total. The van der Waals surface area contributed by atoms with E-state index in [4.69, 9.17) is 0 Å². The maximum absolute atomic E-state index is 14.3. The maximum atomic E-state index is 14.3. The Hall–Kier alpha value is -3.47. The van der Waals surface area contributed by atoms with E-state index in [1.165, 1.54) is 5.56 Å². The summed E-state index contributed by atoms with van der Waals surface area (Å²) < 4.78 is 0. The van der Waals surface area contributed by atoms with Crippen molar-refractivity contribution < 1.29 is 14.4 Å². The minimum Gasteiger partial charge on any atom is -0.342 e. The number of rotatable bonds is 6. The number of para-hydroxylation sites is 1. The van der Waals surface area contributed by atoms with Crippen LogP contribution in [0.3, 0.4) is 0 Å². The van der Waals surface area contributed by atoms with Crippen LogP contribution in [0.4, 0.5) is 5.69 Å². The molecule has 244 valence electrons. The molecule has 1 spiro atoms. The molecule has 1 saturated carbocycles. The van der Waals surface area contributed by atoms with Crippen LogP contribution in [0.1, 0.15) is 37.7 Å². The van der Waals surface area contributed by atoms with Crippen LogP contribution in [0.5, 0.6) is 0 Å². The van der Waals surface area contributed by atoms with Crippen LogP contribution in [0, 0.1) is 23.7 Å². The minimum atomic E-state index is -0.727. The van der Waals surface area contributed by atoms with Gasteiger partial charge in [0, 0.05) is 70.0 Å². The summed E-state index contributed by atoms with van der Waals surface area (Å²) in [4.78, 5) is 52.2. The van der Waals surface area contributed by atoms with Crippen molar-refractivity contribution in [2.45, 2.75) is 50.2 Å². The molecule has 8 rings (SSSR count). The van der Waals surface area contributed by atoms with Gasteiger partial charge in [-0.05, 0) is 67.6 Å². The largest absolute Gasteiger partial charge is 0.342 e. The number of carbonyl (C=O) groups excluding carboxylic acids is 3. The Morgan fingerprint density at radius 2 is 1.52 bits per heavy atom. The van der Waals surface area contributed by atoms with Gasteiger partial charge in [-0.3, -0.25) is 30.1 Å². The fourth-order valence-electron chi connectivity index (χ4n) is 9.43. The van der Waals surface area contributed by atoms with Crippen LogP contribution in [0.2, 0.25) is 0 Å². The van der Waals surface area contributed by atoms with Gasteiger partial charge in [0.25, 0.3) is 5.91 Å². The van der Waals surface area contributed by atoms with E-state index >= 15 is 0 Å². The van der Waals surface area contributed by atoms with Gasteiger partial charge in [-0.25, -0.2) is 0 Å². The molecule has 46 heavy (non-hydrogen) atoms. The number of carbonyl (C=O) groups is 3. The van der Waals surface area contributed by atoms with Crippen LogP contribution in [0.15, 0.2) is 60.7 Å². The van der Waals surface area contributed by atoms with Crippen molar-refractivity contribution in [1.29, 1.82) is 0 Å². The van der Waals surface area contributed by atoms with Crippen LogP contribution >= 0.6 is 0 Å². The maximum Gasteiger partial charge on any atom is 0.250 e. The molecule has 6 fully saturated rings. The Bertz CT molecular complexity index is 1420. The number of fused-ring (bicyclic) bond motifs is 2. The molecular formula is C36H47N7O3. The molecule has 5 aliphatic heterocycles. The molecule has 5 atom stereocenters. The molecule has 5 heterocycles. The van der Waals surface area contributed by atoms with E-state index in [1.54, 1.807) is 4.90 Å². The summed E-state index contributed by atoms with van der Waals surface area (Å²) in [5.74, 6) is 1.92. The summed E-state index contributed by atoms with van der Waals surface area (Å²) in [7, 11) is 0. The number of likely N-dealkylation sites (tertiary alicyclic amines) is 3. The molecule has 0 aromatic heterocycles. The average molecular weight is 626 g/mol. The molecule has 5 saturated heterocycles. The molecule has 1 aliphatic carbocycles. The van der Waals surface area contributed by atoms with E-state index in [0.29, 0.717) is 56.4 Å². The zero-order valence-corrected chi connectivity index (χ0v) is 26.7. The van der Waals surface area contributed by atoms with E-state index < -0.39 is 5.54 Å². The van der Waals surface area contributed by atoms with Gasteiger partial charge in [-0.1, -0.05) is 48.5 Å². The lowest BCUT2D eigenvalue weighted by Crippen LogP contribution is -2.58. The zero-order valence-electron chi connectivity index (χ0n) is 26.7. The summed E-state index contributed by atoms with van der Waals surface area (Å²) in [6, 6.07) is 21.2. The van der Waals surface area contributed by atoms with Gasteiger partial charge in [-0.2, -0.15) is 0 Å². The van der Waals surface area contributed by atoms with E-state index in [0.717, 1.165) is 64.2 Å². The monoisotopic (exact) mass is 625 g/mol. The Balaban J connectivity index is 0.907. The van der Waals surface area contributed by atoms with Crippen molar-refractivity contribution in [3.63, 3.8) is 0 Å². The van der Waals surface area contributed by atoms with Gasteiger partial charge in [0.15, 0.2) is 0 Å². The van der Waals surface area contributed by atoms with Gasteiger partial charge >= 0.3 is 0 Å². The topological polar surface area (TPSA) is 91.5 Å². The summed E-state index contributed by atoms with van der Waals surface area (Å²) in [6.45, 7) is 7.14. The number of hydrogen-bond acceptors (Lipinski definition) is 7. The first-order valence-corrected chi connectivity index (χ1v) is 17.4. The molecule has 3 amide bonds. The molecule has 6 aliphatic rings. The van der Waals surface area contributed by atoms with E-state index in [1.807, 2.05) is 28.0 Å². The zero-order chi connectivity index (χ0) is 31.3. The number of piperidine rings is 1. The Morgan fingerprint density at radius 3 is 2.24 bits per heavy atom. The van der Waals surface area contributed by atoms with E-state index in [2.05, 4.69) is 63.1 Å². The molecule has 2 aromatic carbocycles. The number of hydrazine groups is 1. The van der Waals surface area contributed by atoms with Gasteiger partial charge in [0.05, 0.1) is 6.67 Å². The highest BCUT2D eigenvalue weighted by molar-refractivity contribution is 5.96. The van der Waals surface area contributed by atoms with Gasteiger partial charge in [0.2, 0.25) is 11.8 Å². The molecule has 3 unspecified atom stereocenters. The highest BCUT2D eigenvalue weighted by atomic mass is 16.2. The van der Waals surface area contributed by atoms with Gasteiger partial charge in [-0.15, -0.1) is 0 Å². The van der Waals surface area contributed by atoms with Gasteiger partial charge in [0.1, 0.15) is 12.1 Å². The highest BCUT2D eigenvalue weighted by Gasteiger charge is 2.55. The quantitative estimate of drug-likeness (QED) is 0.509. The second kappa shape index (κ2) is 12.3. The van der Waals surface area contributed by atoms with Crippen LogP contribution in [-0.4, -0.2) is 108 Å². The predicted octanol–water partition coefficient (Wildman–Crippen LogP) is 2.14. The SMILES string of the molecule is O=C(CN1CN(c2ccccc2)C2(CCN(C(=O)C3CCC4NNCC4C3)CC2)C1=O)N1C[C@H]2CN(Cc3ccccc3)C[C@H]2C1. The number of nitrogens with zero attached hydrogens (tertiary/aromatic N) is 5. The fraction of sp³-hybridized carbons (Fsp3) is 0.583. The molecule has 10 heteroatoms. The lowest BCUT2D eigenvalue weighted by atomic mass is 9.77. The third kappa shape index (κ3) is 5.48. The number of anilines is 1. The number of hydrogen-bond donors (Lipinski definition) is 2. The average Bonchev–Trinajstić information content (AvgIpc) is 3.86. The normalized spacial score (nSPS) is 30.7. The van der Waals surface area contributed by atoms with E-state index in [-0.39, 0.29) is 30.2 Å². The first-order valence-electron chi connectivity index (χ1n) is 17.4. The summed E-state index contributed by atoms with van der Waals surface area (Å²) in [6.07, 6.45) is 4.05. The Morgan fingerprint density at radius 1 is 0.826 bits per heavy atom. The second-order valence-electron chi connectivity index (χ2n) is 14.7. The second-order valence-corrected chi connectivity index (χ2v) is 14.7. The molecule has 0 bridgehead atoms. The third-order valence-corrected chi connectivity index (χ3v) is 12.0. The van der Waals surface area contributed by atoms with Crippen LogP contribution in [0.25, 0.3) is 0 Å². The number of benzene rings is 2. The minimum absolute atomic E-state index is 0.0360. The summed E-state index contributed by atoms with van der Waals surface area (Å²) in [5, 5.41) is 0. The summed E-state index contributed by atoms with van der Waals surface area (Å²) >= 11 is 0. The standard InChI is InChI=1S/C36H47N7O3/c44-33(41-22-29-20-39(21-30(29)23-41)19-26-7-3-1-4-8-26)24-42-25-43(31-9-5-2-6-10-31)36(35(42)46)13-15-40(16-14-36)34(45)27-11-12-32-28(17-27)18-37-38-32/h1-10,27-30,32,37-38H,11-25H2/t27?,28?,29-,30+,32?. The van der Waals surface area contributed by atoms with E-state index in [9.17, 15) is 14.4 Å². The van der Waals surface area contributed by atoms with Crippen molar-refractivity contribution in [3.8, 4) is 0 Å². The Kier molecular flexibility index (Phi) is 7.98. The van der Waals surface area contributed by atoms with Crippen molar-refractivity contribution in [2.75, 3.05) is 63.9 Å². The molecule has 10 nitrogen and oxygen atoms in total. The summed E-state index contributed by atoms with van der Waals surface area (Å²) in [5.41, 5.74) is 8.23. The lowest BCUT2D eigenvalue weighted by Gasteiger charge is -2.44. The highest BCUT2D eigenvalue weighted by Crippen LogP contribution is 2.41. The van der Waals surface area contributed by atoms with Crippen molar-refractivity contribution in [2.24, 2.45) is 23.7 Å². The van der Waals surface area contributed by atoms with Gasteiger partial charge < -0.3 is 19.6 Å². The third-order valence-electron chi connectivity index (χ3n) is 12.0. The fourth-order valence-corrected chi connectivity index (χ4v) is 9.43. The van der Waals surface area contributed by atoms with Crippen molar-refractivity contribution in [1.82, 2.24) is 30.5 Å². The first-order chi connectivity index (χ1) is 22.5. The predicted molar refractivity (Wildman–Crippen MR) is 175 cm³/mol. The van der Waals surface area contributed by atoms with Crippen LogP contribution in [-0.2, 0) is 20.9 Å². The smallest absolute Gasteiger partial charge is 0.250 e. The number of amides is 3.